The van der Waals surface area contributed by atoms with Crippen LogP contribution in [0.1, 0.15) is 5.56 Å². The third-order valence-electron chi connectivity index (χ3n) is 1.87. The Kier molecular flexibility index (Phi) is 4.28. The first-order valence-corrected chi connectivity index (χ1v) is 5.78. The highest BCUT2D eigenvalue weighted by Crippen LogP contribution is 2.29. The van der Waals surface area contributed by atoms with E-state index in [4.69, 9.17) is 11.1 Å². The molecule has 0 bridgehead atoms. The molecule has 0 heterocycles. The van der Waals surface area contributed by atoms with Gasteiger partial charge in [0, 0.05) is 4.90 Å². The molecule has 1 aromatic rings. The molecule has 3 nitrogen and oxygen atoms in total. The molecule has 3 N–H and O–H groups in total. The number of nitrogens with two attached hydrogens (primary N) is 1. The van der Waals surface area contributed by atoms with E-state index in [1.807, 2.05) is 0 Å². The lowest BCUT2D eigenvalue weighted by molar-refractivity contribution is -0.153. The number of hydrogen-bond donors (Lipinski definition) is 2. The van der Waals surface area contributed by atoms with Crippen molar-refractivity contribution in [2.24, 2.45) is 5.73 Å². The molecule has 0 aliphatic rings. The zero-order valence-electron chi connectivity index (χ0n) is 8.97. The van der Waals surface area contributed by atoms with E-state index >= 15 is 0 Å². The van der Waals surface area contributed by atoms with Crippen LogP contribution >= 0.6 is 11.8 Å². The van der Waals surface area contributed by atoms with E-state index in [9.17, 15) is 13.2 Å². The van der Waals surface area contributed by atoms with E-state index in [-0.39, 0.29) is 17.1 Å². The first-order valence-electron chi connectivity index (χ1n) is 4.56. The van der Waals surface area contributed by atoms with Crippen molar-refractivity contribution in [3.63, 3.8) is 0 Å². The lowest BCUT2D eigenvalue weighted by Gasteiger charge is -2.14. The molecule has 7 heteroatoms. The minimum absolute atomic E-state index is 0.0262. The number of ether oxygens (including phenoxy) is 1. The Morgan fingerprint density at radius 1 is 1.47 bits per heavy atom. The predicted molar refractivity (Wildman–Crippen MR) is 60.8 cm³/mol. The fourth-order valence-electron chi connectivity index (χ4n) is 1.23. The fraction of sp³-hybridized carbons (Fsp3) is 0.300. The molecule has 0 spiro atoms. The molecule has 0 saturated carbocycles. The Bertz CT molecular complexity index is 421. The maximum Gasteiger partial charge on any atom is 0.422 e. The van der Waals surface area contributed by atoms with E-state index in [1.54, 1.807) is 18.4 Å². The standard InChI is InChI=1S/C10H11F3N2OS/c1-17-7-4-2-3-6(8(7)9(14)15)16-5-10(11,12)13/h2-4H,5H2,1H3,(H3,14,15). The van der Waals surface area contributed by atoms with E-state index in [0.717, 1.165) is 0 Å². The summed E-state index contributed by atoms with van der Waals surface area (Å²) < 4.78 is 40.8. The predicted octanol–water partition coefficient (Wildman–Crippen LogP) is 2.63. The number of nitrogen functional groups attached to an aromatic ring is 1. The lowest BCUT2D eigenvalue weighted by atomic mass is 10.2. The molecule has 0 aromatic heterocycles. The van der Waals surface area contributed by atoms with Crippen LogP contribution in [-0.4, -0.2) is 24.9 Å². The first-order chi connectivity index (χ1) is 7.85. The van der Waals surface area contributed by atoms with Crippen LogP contribution in [0.4, 0.5) is 13.2 Å². The summed E-state index contributed by atoms with van der Waals surface area (Å²) in [5.74, 6) is -0.339. The lowest BCUT2D eigenvalue weighted by Crippen LogP contribution is -2.21. The number of rotatable bonds is 4. The summed E-state index contributed by atoms with van der Waals surface area (Å²) in [4.78, 5) is 0.608. The smallest absolute Gasteiger partial charge is 0.422 e. The highest BCUT2D eigenvalue weighted by molar-refractivity contribution is 7.98. The van der Waals surface area contributed by atoms with Crippen molar-refractivity contribution in [1.29, 1.82) is 5.41 Å². The monoisotopic (exact) mass is 264 g/mol. The van der Waals surface area contributed by atoms with E-state index < -0.39 is 12.8 Å². The Balaban J connectivity index is 3.02. The van der Waals surface area contributed by atoms with E-state index in [0.29, 0.717) is 4.90 Å². The van der Waals surface area contributed by atoms with Crippen molar-refractivity contribution in [1.82, 2.24) is 0 Å². The first kappa shape index (κ1) is 13.7. The van der Waals surface area contributed by atoms with Crippen LogP contribution in [0.25, 0.3) is 0 Å². The number of hydrogen-bond acceptors (Lipinski definition) is 3. The van der Waals surface area contributed by atoms with Gasteiger partial charge in [0.05, 0.1) is 5.56 Å². The maximum atomic E-state index is 12.0. The summed E-state index contributed by atoms with van der Waals surface area (Å²) in [6.45, 7) is -1.40. The van der Waals surface area contributed by atoms with Crippen LogP contribution in [0.3, 0.4) is 0 Å². The summed E-state index contributed by atoms with van der Waals surface area (Å²) in [6.07, 6.45) is -2.67. The minimum Gasteiger partial charge on any atom is -0.483 e. The van der Waals surface area contributed by atoms with Crippen molar-refractivity contribution in [3.05, 3.63) is 23.8 Å². The van der Waals surface area contributed by atoms with Crippen molar-refractivity contribution < 1.29 is 17.9 Å². The van der Waals surface area contributed by atoms with Gasteiger partial charge in [-0.15, -0.1) is 11.8 Å². The van der Waals surface area contributed by atoms with Crippen molar-refractivity contribution in [3.8, 4) is 5.75 Å². The molecule has 0 atom stereocenters. The zero-order valence-corrected chi connectivity index (χ0v) is 9.78. The Morgan fingerprint density at radius 2 is 2.12 bits per heavy atom. The molecular formula is C10H11F3N2OS. The third kappa shape index (κ3) is 3.85. The van der Waals surface area contributed by atoms with Crippen LogP contribution < -0.4 is 10.5 Å². The summed E-state index contributed by atoms with van der Waals surface area (Å²) in [5, 5.41) is 7.36. The van der Waals surface area contributed by atoms with Gasteiger partial charge in [-0.2, -0.15) is 13.2 Å². The van der Waals surface area contributed by atoms with E-state index in [1.165, 1.54) is 17.8 Å². The summed E-state index contributed by atoms with van der Waals surface area (Å²) in [5.41, 5.74) is 5.54. The highest BCUT2D eigenvalue weighted by atomic mass is 32.2. The quantitative estimate of drug-likeness (QED) is 0.499. The minimum atomic E-state index is -4.41. The molecular weight excluding hydrogens is 253 g/mol. The van der Waals surface area contributed by atoms with Gasteiger partial charge in [-0.05, 0) is 18.4 Å². The van der Waals surface area contributed by atoms with Crippen LogP contribution in [0.5, 0.6) is 5.75 Å². The van der Waals surface area contributed by atoms with Gasteiger partial charge in [0.2, 0.25) is 0 Å². The summed E-state index contributed by atoms with van der Waals surface area (Å²) >= 11 is 1.29. The average molecular weight is 264 g/mol. The topological polar surface area (TPSA) is 59.1 Å². The van der Waals surface area contributed by atoms with Crippen LogP contribution in [0.15, 0.2) is 23.1 Å². The molecule has 0 unspecified atom stereocenters. The number of thioether (sulfide) groups is 1. The molecule has 1 aromatic carbocycles. The SMILES string of the molecule is CSc1cccc(OCC(F)(F)F)c1C(=N)N. The summed E-state index contributed by atoms with van der Waals surface area (Å²) in [6, 6.07) is 4.59. The van der Waals surface area contributed by atoms with Crippen LogP contribution in [0, 0.1) is 5.41 Å². The maximum absolute atomic E-state index is 12.0. The van der Waals surface area contributed by atoms with Gasteiger partial charge >= 0.3 is 6.18 Å². The average Bonchev–Trinajstić information content (AvgIpc) is 2.24. The Hall–Kier alpha value is -1.37. The Morgan fingerprint density at radius 3 is 2.59 bits per heavy atom. The molecule has 0 aliphatic heterocycles. The number of benzene rings is 1. The second-order valence-electron chi connectivity index (χ2n) is 3.15. The number of alkyl halides is 3. The number of amidine groups is 1. The largest absolute Gasteiger partial charge is 0.483 e. The third-order valence-corrected chi connectivity index (χ3v) is 2.65. The Labute approximate surface area is 101 Å². The van der Waals surface area contributed by atoms with Crippen LogP contribution in [0.2, 0.25) is 0 Å². The van der Waals surface area contributed by atoms with Crippen molar-refractivity contribution in [2.75, 3.05) is 12.9 Å². The second-order valence-corrected chi connectivity index (χ2v) is 4.00. The zero-order chi connectivity index (χ0) is 13.1. The number of nitrogens with one attached hydrogen (secondary N) is 1. The van der Waals surface area contributed by atoms with Gasteiger partial charge in [0.25, 0.3) is 0 Å². The van der Waals surface area contributed by atoms with Gasteiger partial charge in [0.15, 0.2) is 6.61 Å². The van der Waals surface area contributed by atoms with Gasteiger partial charge in [-0.1, -0.05) is 6.07 Å². The van der Waals surface area contributed by atoms with Gasteiger partial charge in [-0.3, -0.25) is 5.41 Å². The van der Waals surface area contributed by atoms with Gasteiger partial charge in [0.1, 0.15) is 11.6 Å². The molecule has 0 radical (unpaired) electrons. The van der Waals surface area contributed by atoms with Crippen molar-refractivity contribution >= 4 is 17.6 Å². The normalized spacial score (nSPS) is 11.3. The summed E-state index contributed by atoms with van der Waals surface area (Å²) in [7, 11) is 0. The van der Waals surface area contributed by atoms with E-state index in [2.05, 4.69) is 4.74 Å². The highest BCUT2D eigenvalue weighted by Gasteiger charge is 2.29. The molecule has 0 fully saturated rings. The second kappa shape index (κ2) is 5.31. The van der Waals surface area contributed by atoms with Gasteiger partial charge in [-0.25, -0.2) is 0 Å². The molecule has 94 valence electrons. The number of halogens is 3. The molecule has 0 aliphatic carbocycles. The molecule has 1 rings (SSSR count). The molecule has 0 amide bonds. The molecule has 0 saturated heterocycles. The molecule has 17 heavy (non-hydrogen) atoms. The van der Waals surface area contributed by atoms with Crippen molar-refractivity contribution in [2.45, 2.75) is 11.1 Å². The fourth-order valence-corrected chi connectivity index (χ4v) is 1.86. The van der Waals surface area contributed by atoms with Gasteiger partial charge < -0.3 is 10.5 Å². The van der Waals surface area contributed by atoms with Crippen LogP contribution in [-0.2, 0) is 0 Å².